The van der Waals surface area contributed by atoms with Gasteiger partial charge in [-0.15, -0.1) is 0 Å². The lowest BCUT2D eigenvalue weighted by molar-refractivity contribution is -0.131. The molecule has 0 aromatic heterocycles. The molecule has 1 amide bonds. The highest BCUT2D eigenvalue weighted by atomic mass is 32.2. The van der Waals surface area contributed by atoms with Crippen molar-refractivity contribution in [2.24, 2.45) is 0 Å². The highest BCUT2D eigenvalue weighted by Crippen LogP contribution is 2.17. The van der Waals surface area contributed by atoms with E-state index in [0.717, 1.165) is 48.2 Å². The number of amides is 1. The predicted molar refractivity (Wildman–Crippen MR) is 85.7 cm³/mol. The van der Waals surface area contributed by atoms with Gasteiger partial charge in [0.05, 0.1) is 0 Å². The lowest BCUT2D eigenvalue weighted by Gasteiger charge is -2.20. The van der Waals surface area contributed by atoms with Crippen LogP contribution in [0.25, 0.3) is 6.08 Å². The Hall–Kier alpha value is -1.75. The molecule has 1 N–H and O–H groups in total. The Morgan fingerprint density at radius 1 is 1.29 bits per heavy atom. The Labute approximate surface area is 128 Å². The number of carbonyl (C=O) groups is 2. The molecule has 5 heteroatoms. The van der Waals surface area contributed by atoms with Crippen LogP contribution in [0.3, 0.4) is 0 Å². The quantitative estimate of drug-likeness (QED) is 0.872. The lowest BCUT2D eigenvalue weighted by atomic mass is 10.0. The Bertz CT molecular complexity index is 561. The van der Waals surface area contributed by atoms with Crippen molar-refractivity contribution in [3.63, 3.8) is 0 Å². The third kappa shape index (κ3) is 4.36. The minimum Gasteiger partial charge on any atom is -0.478 e. The van der Waals surface area contributed by atoms with Crippen molar-refractivity contribution in [2.45, 2.75) is 13.3 Å². The van der Waals surface area contributed by atoms with Crippen LogP contribution >= 0.6 is 11.8 Å². The van der Waals surface area contributed by atoms with Gasteiger partial charge in [-0.25, -0.2) is 4.79 Å². The summed E-state index contributed by atoms with van der Waals surface area (Å²) >= 11 is 1.88. The molecule has 1 aromatic carbocycles. The number of benzene rings is 1. The zero-order valence-corrected chi connectivity index (χ0v) is 12.9. The van der Waals surface area contributed by atoms with E-state index in [1.165, 1.54) is 6.08 Å². The van der Waals surface area contributed by atoms with Crippen LogP contribution in [0.5, 0.6) is 0 Å². The third-order valence-corrected chi connectivity index (χ3v) is 4.49. The van der Waals surface area contributed by atoms with Gasteiger partial charge in [0.25, 0.3) is 5.91 Å². The number of carbonyl (C=O) groups excluding carboxylic acids is 1. The van der Waals surface area contributed by atoms with Crippen LogP contribution < -0.4 is 0 Å². The minimum absolute atomic E-state index is 0.0301. The molecule has 0 aliphatic carbocycles. The van der Waals surface area contributed by atoms with E-state index in [1.807, 2.05) is 35.7 Å². The molecular formula is C16H19NO3S. The largest absolute Gasteiger partial charge is 0.478 e. The standard InChI is InChI=1S/C16H19NO3S/c1-12-3-4-14(11-13(12)5-6-15(18)19)16(20)17-7-2-9-21-10-8-17/h3-6,11H,2,7-10H2,1H3,(H,18,19)/b6-5+. The van der Waals surface area contributed by atoms with E-state index >= 15 is 0 Å². The maximum atomic E-state index is 12.5. The number of carboxylic acids is 1. The number of rotatable bonds is 3. The van der Waals surface area contributed by atoms with Gasteiger partial charge in [0.2, 0.25) is 0 Å². The molecule has 0 atom stereocenters. The summed E-state index contributed by atoms with van der Waals surface area (Å²) in [6, 6.07) is 5.45. The van der Waals surface area contributed by atoms with Gasteiger partial charge in [-0.1, -0.05) is 6.07 Å². The highest BCUT2D eigenvalue weighted by molar-refractivity contribution is 7.99. The van der Waals surface area contributed by atoms with Crippen LogP contribution in [0, 0.1) is 6.92 Å². The zero-order valence-electron chi connectivity index (χ0n) is 12.0. The Morgan fingerprint density at radius 3 is 2.86 bits per heavy atom. The maximum absolute atomic E-state index is 12.5. The number of hydrogen-bond donors (Lipinski definition) is 1. The van der Waals surface area contributed by atoms with Crippen LogP contribution in [-0.2, 0) is 4.79 Å². The average molecular weight is 305 g/mol. The number of aliphatic carboxylic acids is 1. The van der Waals surface area contributed by atoms with Crippen molar-refractivity contribution < 1.29 is 14.7 Å². The average Bonchev–Trinajstić information content (AvgIpc) is 2.74. The van der Waals surface area contributed by atoms with E-state index in [-0.39, 0.29) is 5.91 Å². The number of thioether (sulfide) groups is 1. The van der Waals surface area contributed by atoms with Crippen molar-refractivity contribution in [1.29, 1.82) is 0 Å². The zero-order chi connectivity index (χ0) is 15.2. The first kappa shape index (κ1) is 15.6. The van der Waals surface area contributed by atoms with Gasteiger partial charge in [-0.2, -0.15) is 11.8 Å². The molecule has 1 heterocycles. The van der Waals surface area contributed by atoms with Crippen LogP contribution in [0.1, 0.15) is 27.9 Å². The van der Waals surface area contributed by atoms with E-state index in [4.69, 9.17) is 5.11 Å². The summed E-state index contributed by atoms with van der Waals surface area (Å²) in [5.74, 6) is 1.12. The third-order valence-electron chi connectivity index (χ3n) is 3.44. The SMILES string of the molecule is Cc1ccc(C(=O)N2CCCSCC2)cc1/C=C/C(=O)O. The van der Waals surface area contributed by atoms with Gasteiger partial charge < -0.3 is 10.0 Å². The number of hydrogen-bond acceptors (Lipinski definition) is 3. The summed E-state index contributed by atoms with van der Waals surface area (Å²) in [4.78, 5) is 25.0. The Balaban J connectivity index is 2.20. The molecule has 112 valence electrons. The second-order valence-electron chi connectivity index (χ2n) is 5.00. The second kappa shape index (κ2) is 7.31. The lowest BCUT2D eigenvalue weighted by Crippen LogP contribution is -2.32. The molecule has 1 saturated heterocycles. The fourth-order valence-electron chi connectivity index (χ4n) is 2.25. The van der Waals surface area contributed by atoms with Gasteiger partial charge in [-0.3, -0.25) is 4.79 Å². The molecule has 21 heavy (non-hydrogen) atoms. The second-order valence-corrected chi connectivity index (χ2v) is 6.23. The monoisotopic (exact) mass is 305 g/mol. The van der Waals surface area contributed by atoms with Crippen molar-refractivity contribution in [3.8, 4) is 0 Å². The minimum atomic E-state index is -0.990. The Kier molecular flexibility index (Phi) is 5.44. The summed E-state index contributed by atoms with van der Waals surface area (Å²) in [6.45, 7) is 3.47. The fourth-order valence-corrected chi connectivity index (χ4v) is 3.13. The van der Waals surface area contributed by atoms with E-state index in [9.17, 15) is 9.59 Å². The van der Waals surface area contributed by atoms with Gasteiger partial charge >= 0.3 is 5.97 Å². The molecule has 0 bridgehead atoms. The van der Waals surface area contributed by atoms with E-state index in [0.29, 0.717) is 5.56 Å². The van der Waals surface area contributed by atoms with Gasteiger partial charge in [0.1, 0.15) is 0 Å². The summed E-state index contributed by atoms with van der Waals surface area (Å²) in [6.07, 6.45) is 3.65. The summed E-state index contributed by atoms with van der Waals surface area (Å²) in [7, 11) is 0. The first-order valence-electron chi connectivity index (χ1n) is 6.96. The smallest absolute Gasteiger partial charge is 0.328 e. The van der Waals surface area contributed by atoms with E-state index in [1.54, 1.807) is 6.07 Å². The maximum Gasteiger partial charge on any atom is 0.328 e. The first-order chi connectivity index (χ1) is 10.1. The van der Waals surface area contributed by atoms with E-state index < -0.39 is 5.97 Å². The van der Waals surface area contributed by atoms with Crippen molar-refractivity contribution in [1.82, 2.24) is 4.90 Å². The first-order valence-corrected chi connectivity index (χ1v) is 8.12. The molecular weight excluding hydrogens is 286 g/mol. The molecule has 0 saturated carbocycles. The summed E-state index contributed by atoms with van der Waals surface area (Å²) in [5.41, 5.74) is 2.35. The van der Waals surface area contributed by atoms with Crippen molar-refractivity contribution in [3.05, 3.63) is 41.0 Å². The van der Waals surface area contributed by atoms with Crippen molar-refractivity contribution in [2.75, 3.05) is 24.6 Å². The Morgan fingerprint density at radius 2 is 2.10 bits per heavy atom. The number of carboxylic acid groups (broad SMARTS) is 1. The van der Waals surface area contributed by atoms with Gasteiger partial charge in [0, 0.05) is 30.5 Å². The highest BCUT2D eigenvalue weighted by Gasteiger charge is 2.17. The van der Waals surface area contributed by atoms with E-state index in [2.05, 4.69) is 0 Å². The van der Waals surface area contributed by atoms with Crippen LogP contribution in [0.15, 0.2) is 24.3 Å². The molecule has 1 fully saturated rings. The summed E-state index contributed by atoms with van der Waals surface area (Å²) < 4.78 is 0. The van der Waals surface area contributed by atoms with Crippen molar-refractivity contribution >= 4 is 29.7 Å². The van der Waals surface area contributed by atoms with Crippen LogP contribution in [-0.4, -0.2) is 46.5 Å². The van der Waals surface area contributed by atoms with Crippen LogP contribution in [0.2, 0.25) is 0 Å². The van der Waals surface area contributed by atoms with Crippen LogP contribution in [0.4, 0.5) is 0 Å². The molecule has 0 radical (unpaired) electrons. The normalized spacial score (nSPS) is 16.0. The molecule has 0 spiro atoms. The van der Waals surface area contributed by atoms with Gasteiger partial charge in [-0.05, 0) is 48.4 Å². The fraction of sp³-hybridized carbons (Fsp3) is 0.375. The number of aryl methyl sites for hydroxylation is 1. The van der Waals surface area contributed by atoms with Gasteiger partial charge in [0.15, 0.2) is 0 Å². The topological polar surface area (TPSA) is 57.6 Å². The summed E-state index contributed by atoms with van der Waals surface area (Å²) in [5, 5.41) is 8.71. The molecule has 2 rings (SSSR count). The molecule has 0 unspecified atom stereocenters. The predicted octanol–water partition coefficient (Wildman–Crippen LogP) is 2.67. The molecule has 4 nitrogen and oxygen atoms in total. The number of nitrogens with zero attached hydrogens (tertiary/aromatic N) is 1. The molecule has 1 aliphatic rings. The molecule has 1 aromatic rings. The molecule has 1 aliphatic heterocycles.